The third-order valence-corrected chi connectivity index (χ3v) is 1.93. The van der Waals surface area contributed by atoms with Crippen molar-refractivity contribution in [3.05, 3.63) is 0 Å². The van der Waals surface area contributed by atoms with E-state index >= 15 is 0 Å². The van der Waals surface area contributed by atoms with Crippen molar-refractivity contribution in [1.82, 2.24) is 10.2 Å². The number of likely N-dealkylation sites (N-methyl/N-ethyl adjacent to an activating group) is 1. The van der Waals surface area contributed by atoms with E-state index < -0.39 is 0 Å². The first kappa shape index (κ1) is 11.9. The van der Waals surface area contributed by atoms with E-state index in [-0.39, 0.29) is 17.9 Å². The minimum Gasteiger partial charge on any atom is -0.352 e. The highest BCUT2D eigenvalue weighted by molar-refractivity contribution is 5.74. The number of carbonyl (C=O) groups is 2. The second-order valence-electron chi connectivity index (χ2n) is 3.21. The summed E-state index contributed by atoms with van der Waals surface area (Å²) in [6.45, 7) is 5.55. The molecule has 0 saturated heterocycles. The second-order valence-corrected chi connectivity index (χ2v) is 3.21. The molecule has 4 nitrogen and oxygen atoms in total. The molecule has 1 atom stereocenters. The van der Waals surface area contributed by atoms with Crippen LogP contribution in [-0.2, 0) is 9.59 Å². The number of amides is 2. The standard InChI is InChI=1S/C9H18N2O2/c1-5-9(10-7(2)12)6-11(4)8(3)13/h9H,5-6H2,1-4H3,(H,10,12). The van der Waals surface area contributed by atoms with E-state index in [0.717, 1.165) is 6.42 Å². The number of hydrogen-bond acceptors (Lipinski definition) is 2. The van der Waals surface area contributed by atoms with Crippen LogP contribution >= 0.6 is 0 Å². The summed E-state index contributed by atoms with van der Waals surface area (Å²) in [5.41, 5.74) is 0. The molecular weight excluding hydrogens is 168 g/mol. The van der Waals surface area contributed by atoms with E-state index in [0.29, 0.717) is 6.54 Å². The Hall–Kier alpha value is -1.06. The molecule has 0 aromatic heterocycles. The molecule has 0 aromatic carbocycles. The number of rotatable bonds is 4. The molecule has 0 aliphatic carbocycles. The van der Waals surface area contributed by atoms with Crippen LogP contribution in [0.4, 0.5) is 0 Å². The Morgan fingerprint density at radius 3 is 2.23 bits per heavy atom. The topological polar surface area (TPSA) is 49.4 Å². The van der Waals surface area contributed by atoms with E-state index in [2.05, 4.69) is 5.32 Å². The van der Waals surface area contributed by atoms with Crippen LogP contribution in [0.25, 0.3) is 0 Å². The minimum absolute atomic E-state index is 0.0174. The maximum atomic E-state index is 10.9. The van der Waals surface area contributed by atoms with Crippen molar-refractivity contribution in [3.63, 3.8) is 0 Å². The van der Waals surface area contributed by atoms with E-state index in [1.165, 1.54) is 13.8 Å². The first-order valence-corrected chi connectivity index (χ1v) is 4.46. The van der Waals surface area contributed by atoms with Gasteiger partial charge in [0.05, 0.1) is 0 Å². The fourth-order valence-electron chi connectivity index (χ4n) is 1.02. The molecular formula is C9H18N2O2. The van der Waals surface area contributed by atoms with E-state index in [4.69, 9.17) is 0 Å². The Morgan fingerprint density at radius 1 is 1.38 bits per heavy atom. The van der Waals surface area contributed by atoms with Gasteiger partial charge in [0.25, 0.3) is 0 Å². The van der Waals surface area contributed by atoms with Crippen LogP contribution < -0.4 is 5.32 Å². The van der Waals surface area contributed by atoms with Crippen LogP contribution in [0.1, 0.15) is 27.2 Å². The zero-order chi connectivity index (χ0) is 10.4. The lowest BCUT2D eigenvalue weighted by atomic mass is 10.2. The zero-order valence-corrected chi connectivity index (χ0v) is 8.76. The third-order valence-electron chi connectivity index (χ3n) is 1.93. The molecule has 0 heterocycles. The number of carbonyl (C=O) groups excluding carboxylic acids is 2. The van der Waals surface area contributed by atoms with Crippen molar-refractivity contribution in [3.8, 4) is 0 Å². The lowest BCUT2D eigenvalue weighted by molar-refractivity contribution is -0.128. The average molecular weight is 186 g/mol. The molecule has 0 radical (unpaired) electrons. The van der Waals surface area contributed by atoms with Crippen molar-refractivity contribution in [2.24, 2.45) is 0 Å². The van der Waals surface area contributed by atoms with Gasteiger partial charge in [-0.15, -0.1) is 0 Å². The molecule has 4 heteroatoms. The molecule has 0 bridgehead atoms. The van der Waals surface area contributed by atoms with Gasteiger partial charge in [0.15, 0.2) is 0 Å². The molecule has 0 fully saturated rings. The van der Waals surface area contributed by atoms with Gasteiger partial charge in [-0.3, -0.25) is 9.59 Å². The smallest absolute Gasteiger partial charge is 0.219 e. The van der Waals surface area contributed by atoms with Crippen molar-refractivity contribution >= 4 is 11.8 Å². The van der Waals surface area contributed by atoms with E-state index in [1.54, 1.807) is 11.9 Å². The summed E-state index contributed by atoms with van der Waals surface area (Å²) >= 11 is 0. The van der Waals surface area contributed by atoms with E-state index in [9.17, 15) is 9.59 Å². The fraction of sp³-hybridized carbons (Fsp3) is 0.778. The lowest BCUT2D eigenvalue weighted by Gasteiger charge is -2.22. The summed E-state index contributed by atoms with van der Waals surface area (Å²) in [6.07, 6.45) is 0.831. The van der Waals surface area contributed by atoms with Gasteiger partial charge in [0.1, 0.15) is 0 Å². The Labute approximate surface area is 79.3 Å². The zero-order valence-electron chi connectivity index (χ0n) is 8.76. The summed E-state index contributed by atoms with van der Waals surface area (Å²) in [6, 6.07) is 0.0615. The molecule has 0 rings (SSSR count). The summed E-state index contributed by atoms with van der Waals surface area (Å²) in [5, 5.41) is 2.78. The van der Waals surface area contributed by atoms with Crippen molar-refractivity contribution in [1.29, 1.82) is 0 Å². The molecule has 2 amide bonds. The van der Waals surface area contributed by atoms with Crippen molar-refractivity contribution in [2.75, 3.05) is 13.6 Å². The van der Waals surface area contributed by atoms with Crippen LogP contribution in [0.2, 0.25) is 0 Å². The Morgan fingerprint density at radius 2 is 1.92 bits per heavy atom. The molecule has 0 aliphatic heterocycles. The summed E-state index contributed by atoms with van der Waals surface area (Å²) in [7, 11) is 1.73. The minimum atomic E-state index is -0.0520. The van der Waals surface area contributed by atoms with Crippen LogP contribution in [0, 0.1) is 0 Å². The highest BCUT2D eigenvalue weighted by Gasteiger charge is 2.11. The van der Waals surface area contributed by atoms with Crippen molar-refractivity contribution < 1.29 is 9.59 Å². The Bertz CT molecular complexity index is 192. The average Bonchev–Trinajstić information content (AvgIpc) is 2.02. The second kappa shape index (κ2) is 5.56. The quantitative estimate of drug-likeness (QED) is 0.690. The molecule has 0 spiro atoms. The van der Waals surface area contributed by atoms with Crippen LogP contribution in [0.15, 0.2) is 0 Å². The van der Waals surface area contributed by atoms with Gasteiger partial charge >= 0.3 is 0 Å². The number of nitrogens with zero attached hydrogens (tertiary/aromatic N) is 1. The van der Waals surface area contributed by atoms with E-state index in [1.807, 2.05) is 6.92 Å². The van der Waals surface area contributed by atoms with Gasteiger partial charge in [0.2, 0.25) is 11.8 Å². The fourth-order valence-corrected chi connectivity index (χ4v) is 1.02. The molecule has 1 N–H and O–H groups in total. The highest BCUT2D eigenvalue weighted by Crippen LogP contribution is 1.94. The summed E-state index contributed by atoms with van der Waals surface area (Å²) in [5.74, 6) is -0.0346. The SMILES string of the molecule is CCC(CN(C)C(C)=O)NC(C)=O. The van der Waals surface area contributed by atoms with Crippen LogP contribution in [-0.4, -0.2) is 36.3 Å². The Kier molecular flexibility index (Phi) is 5.11. The van der Waals surface area contributed by atoms with Gasteiger partial charge in [0, 0.05) is 33.5 Å². The molecule has 76 valence electrons. The Balaban J connectivity index is 3.97. The van der Waals surface area contributed by atoms with Gasteiger partial charge < -0.3 is 10.2 Å². The monoisotopic (exact) mass is 186 g/mol. The van der Waals surface area contributed by atoms with Gasteiger partial charge in [-0.25, -0.2) is 0 Å². The maximum absolute atomic E-state index is 10.9. The van der Waals surface area contributed by atoms with Gasteiger partial charge in [-0.2, -0.15) is 0 Å². The first-order chi connectivity index (χ1) is 5.97. The van der Waals surface area contributed by atoms with Gasteiger partial charge in [-0.1, -0.05) is 6.92 Å². The molecule has 13 heavy (non-hydrogen) atoms. The molecule has 0 saturated carbocycles. The predicted molar refractivity (Wildman–Crippen MR) is 51.2 cm³/mol. The largest absolute Gasteiger partial charge is 0.352 e. The molecule has 1 unspecified atom stereocenters. The summed E-state index contributed by atoms with van der Waals surface area (Å²) < 4.78 is 0. The lowest BCUT2D eigenvalue weighted by Crippen LogP contribution is -2.42. The number of hydrogen-bond donors (Lipinski definition) is 1. The predicted octanol–water partition coefficient (Wildman–Crippen LogP) is 0.379. The van der Waals surface area contributed by atoms with Crippen LogP contribution in [0.5, 0.6) is 0 Å². The van der Waals surface area contributed by atoms with Gasteiger partial charge in [-0.05, 0) is 6.42 Å². The number of nitrogens with one attached hydrogen (secondary N) is 1. The molecule has 0 aromatic rings. The van der Waals surface area contributed by atoms with Crippen LogP contribution in [0.3, 0.4) is 0 Å². The summed E-state index contributed by atoms with van der Waals surface area (Å²) in [4.78, 5) is 23.2. The maximum Gasteiger partial charge on any atom is 0.219 e. The third kappa shape index (κ3) is 5.22. The highest BCUT2D eigenvalue weighted by atomic mass is 16.2. The van der Waals surface area contributed by atoms with Crippen molar-refractivity contribution in [2.45, 2.75) is 33.2 Å². The normalized spacial score (nSPS) is 12.0. The molecule has 0 aliphatic rings. The first-order valence-electron chi connectivity index (χ1n) is 4.46.